The third-order valence-corrected chi connectivity index (χ3v) is 10.4. The van der Waals surface area contributed by atoms with Gasteiger partial charge in [-0.25, -0.2) is 4.39 Å². The van der Waals surface area contributed by atoms with E-state index in [0.717, 1.165) is 11.1 Å². The molecular weight excluding hydrogens is 640 g/mol. The van der Waals surface area contributed by atoms with Crippen LogP contribution in [0.3, 0.4) is 0 Å². The SMILES string of the molecule is COc1ccc([C@@]23C(=O)N(Nc4ccc(Cl)cc4Cl)C(=O)[C@@H]2C[C@@H]2C(=CC[C@@H]4C(=O)N(O)C(=O)[C@@H]42)[C@@H]3c2cccc(F)c2O)cc1. The number of hydroxylamine groups is 2. The van der Waals surface area contributed by atoms with Gasteiger partial charge in [0.2, 0.25) is 0 Å². The van der Waals surface area contributed by atoms with Gasteiger partial charge in [0.05, 0.1) is 41.0 Å². The summed E-state index contributed by atoms with van der Waals surface area (Å²) < 4.78 is 20.4. The summed E-state index contributed by atoms with van der Waals surface area (Å²) in [6.45, 7) is 0. The number of anilines is 1. The van der Waals surface area contributed by atoms with Crippen LogP contribution in [0.4, 0.5) is 10.1 Å². The predicted octanol–water partition coefficient (Wildman–Crippen LogP) is 5.22. The maximum atomic E-state index is 15.1. The lowest BCUT2D eigenvalue weighted by molar-refractivity contribution is -0.173. The van der Waals surface area contributed by atoms with Gasteiger partial charge in [0, 0.05) is 16.5 Å². The first kappa shape index (κ1) is 30.2. The van der Waals surface area contributed by atoms with Crippen molar-refractivity contribution >= 4 is 52.5 Å². The third kappa shape index (κ3) is 4.11. The van der Waals surface area contributed by atoms with Crippen LogP contribution >= 0.6 is 23.2 Å². The van der Waals surface area contributed by atoms with Crippen molar-refractivity contribution in [2.24, 2.45) is 23.7 Å². The van der Waals surface area contributed by atoms with Gasteiger partial charge in [-0.2, -0.15) is 10.1 Å². The second kappa shape index (κ2) is 10.8. The van der Waals surface area contributed by atoms with E-state index in [1.54, 1.807) is 30.3 Å². The molecule has 3 aromatic carbocycles. The smallest absolute Gasteiger partial charge is 0.260 e. The molecule has 3 N–H and O–H groups in total. The quantitative estimate of drug-likeness (QED) is 0.192. The van der Waals surface area contributed by atoms with E-state index in [2.05, 4.69) is 5.43 Å². The number of methoxy groups -OCH3 is 1. The van der Waals surface area contributed by atoms with E-state index < -0.39 is 70.2 Å². The lowest BCUT2D eigenvalue weighted by Crippen LogP contribution is -2.53. The van der Waals surface area contributed by atoms with Gasteiger partial charge in [0.1, 0.15) is 5.75 Å². The Morgan fingerprint density at radius 1 is 0.978 bits per heavy atom. The maximum absolute atomic E-state index is 15.1. The molecule has 13 heteroatoms. The number of hydrazine groups is 1. The molecule has 6 atom stereocenters. The fourth-order valence-corrected chi connectivity index (χ4v) is 8.39. The van der Waals surface area contributed by atoms with Crippen LogP contribution in [0.5, 0.6) is 11.5 Å². The molecule has 0 bridgehead atoms. The predicted molar refractivity (Wildman–Crippen MR) is 162 cm³/mol. The van der Waals surface area contributed by atoms with E-state index in [9.17, 15) is 24.7 Å². The Morgan fingerprint density at radius 3 is 2.41 bits per heavy atom. The number of ether oxygens (including phenoxy) is 1. The highest BCUT2D eigenvalue weighted by molar-refractivity contribution is 6.36. The molecule has 4 amide bonds. The van der Waals surface area contributed by atoms with E-state index in [1.165, 1.54) is 37.4 Å². The Bertz CT molecular complexity index is 1870. The summed E-state index contributed by atoms with van der Waals surface area (Å²) in [5.41, 5.74) is 2.20. The average Bonchev–Trinajstić information content (AvgIpc) is 3.40. The molecule has 46 heavy (non-hydrogen) atoms. The highest BCUT2D eigenvalue weighted by Gasteiger charge is 2.70. The van der Waals surface area contributed by atoms with Crippen LogP contribution in [0, 0.1) is 29.5 Å². The summed E-state index contributed by atoms with van der Waals surface area (Å²) in [6, 6.07) is 15.0. The van der Waals surface area contributed by atoms with Crippen LogP contribution in [0.25, 0.3) is 0 Å². The van der Waals surface area contributed by atoms with Gasteiger partial charge in [-0.1, -0.05) is 59.1 Å². The summed E-state index contributed by atoms with van der Waals surface area (Å²) >= 11 is 12.5. The number of phenols is 1. The number of hydrogen-bond donors (Lipinski definition) is 3. The van der Waals surface area contributed by atoms with Gasteiger partial charge in [-0.15, -0.1) is 0 Å². The summed E-state index contributed by atoms with van der Waals surface area (Å²) in [7, 11) is 1.48. The second-order valence-electron chi connectivity index (χ2n) is 11.9. The van der Waals surface area contributed by atoms with Crippen molar-refractivity contribution in [3.8, 4) is 11.5 Å². The minimum absolute atomic E-state index is 0.0281. The molecule has 0 spiro atoms. The first-order valence-electron chi connectivity index (χ1n) is 14.5. The van der Waals surface area contributed by atoms with Gasteiger partial charge >= 0.3 is 0 Å². The molecule has 2 aliphatic carbocycles. The zero-order valence-electron chi connectivity index (χ0n) is 24.1. The van der Waals surface area contributed by atoms with E-state index in [1.807, 2.05) is 0 Å². The zero-order valence-corrected chi connectivity index (χ0v) is 25.6. The Hall–Kier alpha value is -4.45. The first-order chi connectivity index (χ1) is 22.0. The van der Waals surface area contributed by atoms with Gasteiger partial charge in [0.15, 0.2) is 11.6 Å². The highest BCUT2D eigenvalue weighted by Crippen LogP contribution is 2.65. The number of carbonyl (C=O) groups is 4. The number of benzene rings is 3. The molecule has 2 heterocycles. The molecule has 1 saturated carbocycles. The molecule has 2 aliphatic heterocycles. The number of para-hydroxylation sites is 1. The van der Waals surface area contributed by atoms with Crippen LogP contribution in [0.2, 0.25) is 10.0 Å². The van der Waals surface area contributed by atoms with Crippen molar-refractivity contribution in [2.75, 3.05) is 12.5 Å². The van der Waals surface area contributed by atoms with Gasteiger partial charge < -0.3 is 9.84 Å². The van der Waals surface area contributed by atoms with Crippen LogP contribution in [0.1, 0.15) is 29.9 Å². The van der Waals surface area contributed by atoms with Crippen molar-refractivity contribution in [1.29, 1.82) is 0 Å². The number of rotatable bonds is 5. The van der Waals surface area contributed by atoms with Crippen molar-refractivity contribution in [2.45, 2.75) is 24.2 Å². The average molecular weight is 666 g/mol. The Labute approximate surface area is 271 Å². The normalized spacial score (nSPS) is 28.5. The third-order valence-electron chi connectivity index (χ3n) is 9.89. The second-order valence-corrected chi connectivity index (χ2v) is 12.7. The fraction of sp³-hybridized carbons (Fsp3) is 0.273. The topological polar surface area (TPSA) is 136 Å². The fourth-order valence-electron chi connectivity index (χ4n) is 7.94. The summed E-state index contributed by atoms with van der Waals surface area (Å²) in [4.78, 5) is 55.7. The number of aromatic hydroxyl groups is 1. The number of amides is 4. The highest BCUT2D eigenvalue weighted by atomic mass is 35.5. The number of allylic oxidation sites excluding steroid dienone is 2. The van der Waals surface area contributed by atoms with Gasteiger partial charge in [-0.3, -0.25) is 29.8 Å². The molecule has 3 fully saturated rings. The molecule has 236 valence electrons. The minimum Gasteiger partial charge on any atom is -0.505 e. The molecular formula is C33H26Cl2FN3O7. The number of halogens is 3. The number of phenolic OH excluding ortho intramolecular Hbond substituents is 1. The van der Waals surface area contributed by atoms with Crippen LogP contribution in [-0.4, -0.2) is 51.1 Å². The maximum Gasteiger partial charge on any atom is 0.260 e. The number of carbonyl (C=O) groups excluding carboxylic acids is 4. The molecule has 0 radical (unpaired) electrons. The molecule has 3 aromatic rings. The van der Waals surface area contributed by atoms with E-state index in [-0.39, 0.29) is 34.2 Å². The van der Waals surface area contributed by atoms with E-state index in [0.29, 0.717) is 21.9 Å². The van der Waals surface area contributed by atoms with Crippen LogP contribution in [-0.2, 0) is 24.6 Å². The lowest BCUT2D eigenvalue weighted by Gasteiger charge is -2.50. The first-order valence-corrected chi connectivity index (χ1v) is 15.2. The largest absolute Gasteiger partial charge is 0.505 e. The number of hydrogen-bond acceptors (Lipinski definition) is 8. The minimum atomic E-state index is -1.76. The van der Waals surface area contributed by atoms with Crippen molar-refractivity contribution < 1.29 is 38.6 Å². The van der Waals surface area contributed by atoms with Gasteiger partial charge in [0.25, 0.3) is 23.6 Å². The molecule has 2 saturated heterocycles. The van der Waals surface area contributed by atoms with Crippen LogP contribution < -0.4 is 10.2 Å². The van der Waals surface area contributed by atoms with Crippen LogP contribution in [0.15, 0.2) is 72.3 Å². The number of imide groups is 2. The number of nitrogens with one attached hydrogen (secondary N) is 1. The summed E-state index contributed by atoms with van der Waals surface area (Å²) in [6.07, 6.45) is 1.71. The monoisotopic (exact) mass is 665 g/mol. The summed E-state index contributed by atoms with van der Waals surface area (Å²) in [5.74, 6) is -9.15. The van der Waals surface area contributed by atoms with Crippen molar-refractivity contribution in [3.63, 3.8) is 0 Å². The standard InChI is InChI=1S/C33H26Cl2FN3O7/c1-46-17-8-5-15(6-9-17)33-22(30(42)38(32(33)44)37-25-12-7-16(34)13-23(25)35)14-21-18(27(33)20-3-2-4-24(36)28(20)40)10-11-19-26(21)31(43)39(45)29(19)41/h2-10,12-13,19,21-22,26-27,37,40,45H,11,14H2,1H3/t19-,21+,22-,26-,27+,33+/m0/s1. The van der Waals surface area contributed by atoms with Crippen molar-refractivity contribution in [3.05, 3.63) is 99.3 Å². The zero-order chi connectivity index (χ0) is 32.7. The Balaban J connectivity index is 1.49. The Kier molecular flexibility index (Phi) is 7.11. The summed E-state index contributed by atoms with van der Waals surface area (Å²) in [5, 5.41) is 23.0. The molecule has 0 aromatic heterocycles. The molecule has 7 rings (SSSR count). The van der Waals surface area contributed by atoms with Crippen molar-refractivity contribution in [1.82, 2.24) is 10.1 Å². The van der Waals surface area contributed by atoms with Gasteiger partial charge in [-0.05, 0) is 60.7 Å². The molecule has 0 unspecified atom stereocenters. The lowest BCUT2D eigenvalue weighted by atomic mass is 9.49. The number of nitrogens with zero attached hydrogens (tertiary/aromatic N) is 2. The van der Waals surface area contributed by atoms with E-state index >= 15 is 9.18 Å². The van der Waals surface area contributed by atoms with E-state index in [4.69, 9.17) is 27.9 Å². The Morgan fingerprint density at radius 2 is 1.72 bits per heavy atom. The molecule has 10 nitrogen and oxygen atoms in total. The molecule has 4 aliphatic rings. The number of fused-ring (bicyclic) bond motifs is 4.